The summed E-state index contributed by atoms with van der Waals surface area (Å²) in [7, 11) is 0. The predicted molar refractivity (Wildman–Crippen MR) is 67.7 cm³/mol. The number of nitrogens with two attached hydrogens (primary N) is 1. The van der Waals surface area contributed by atoms with E-state index in [4.69, 9.17) is 10.5 Å². The van der Waals surface area contributed by atoms with Crippen LogP contribution in [-0.2, 0) is 4.74 Å². The van der Waals surface area contributed by atoms with Gasteiger partial charge in [0.2, 0.25) is 0 Å². The highest BCUT2D eigenvalue weighted by molar-refractivity contribution is 5.57. The van der Waals surface area contributed by atoms with Crippen molar-refractivity contribution in [2.24, 2.45) is 0 Å². The summed E-state index contributed by atoms with van der Waals surface area (Å²) in [5.41, 5.74) is 8.94. The molecule has 0 amide bonds. The van der Waals surface area contributed by atoms with Gasteiger partial charge in [0.1, 0.15) is 0 Å². The van der Waals surface area contributed by atoms with E-state index in [-0.39, 0.29) is 0 Å². The van der Waals surface area contributed by atoms with Crippen LogP contribution in [-0.4, -0.2) is 18.8 Å². The minimum Gasteiger partial charge on any atom is -0.399 e. The lowest BCUT2D eigenvalue weighted by atomic mass is 10.0. The van der Waals surface area contributed by atoms with E-state index in [2.05, 4.69) is 18.3 Å². The summed E-state index contributed by atoms with van der Waals surface area (Å²) < 4.78 is 5.53. The molecule has 16 heavy (non-hydrogen) atoms. The number of hydrogen-bond donors (Lipinski definition) is 2. The molecule has 1 aromatic rings. The molecule has 3 heteroatoms. The van der Waals surface area contributed by atoms with E-state index in [1.807, 2.05) is 19.1 Å². The van der Waals surface area contributed by atoms with Gasteiger partial charge in [-0.15, -0.1) is 0 Å². The van der Waals surface area contributed by atoms with Gasteiger partial charge in [-0.2, -0.15) is 0 Å². The van der Waals surface area contributed by atoms with E-state index in [1.54, 1.807) is 0 Å². The van der Waals surface area contributed by atoms with Crippen molar-refractivity contribution in [1.29, 1.82) is 0 Å². The summed E-state index contributed by atoms with van der Waals surface area (Å²) in [6.45, 7) is 5.02. The van der Waals surface area contributed by atoms with Crippen LogP contribution in [0.4, 0.5) is 11.4 Å². The fraction of sp³-hybridized carbons (Fsp3) is 0.538. The lowest BCUT2D eigenvalue weighted by Crippen LogP contribution is -2.32. The fourth-order valence-corrected chi connectivity index (χ4v) is 2.13. The van der Waals surface area contributed by atoms with Gasteiger partial charge in [-0.25, -0.2) is 0 Å². The molecule has 3 nitrogen and oxygen atoms in total. The SMILES string of the molecule is Cc1cc(NC2CCOC(C)C2)ccc1N. The molecule has 1 fully saturated rings. The van der Waals surface area contributed by atoms with Crippen molar-refractivity contribution >= 4 is 11.4 Å². The standard InChI is InChI=1S/C13H20N2O/c1-9-7-11(3-4-13(9)14)15-12-5-6-16-10(2)8-12/h3-4,7,10,12,15H,5-6,8,14H2,1-2H3. The number of nitrogen functional groups attached to an aromatic ring is 1. The molecule has 0 aliphatic carbocycles. The molecule has 0 saturated carbocycles. The maximum absolute atomic E-state index is 5.80. The van der Waals surface area contributed by atoms with Crippen LogP contribution in [0.2, 0.25) is 0 Å². The molecule has 1 heterocycles. The molecule has 2 rings (SSSR count). The van der Waals surface area contributed by atoms with E-state index < -0.39 is 0 Å². The molecule has 1 aromatic carbocycles. The molecule has 0 spiro atoms. The number of aryl methyl sites for hydroxylation is 1. The first kappa shape index (κ1) is 11.3. The van der Waals surface area contributed by atoms with Crippen molar-refractivity contribution in [1.82, 2.24) is 0 Å². The van der Waals surface area contributed by atoms with Crippen molar-refractivity contribution in [3.05, 3.63) is 23.8 Å². The van der Waals surface area contributed by atoms with Crippen LogP contribution in [0.5, 0.6) is 0 Å². The molecule has 0 aromatic heterocycles. The summed E-state index contributed by atoms with van der Waals surface area (Å²) in [6, 6.07) is 6.63. The van der Waals surface area contributed by atoms with Crippen LogP contribution in [0.15, 0.2) is 18.2 Å². The Morgan fingerprint density at radius 3 is 2.94 bits per heavy atom. The topological polar surface area (TPSA) is 47.3 Å². The third-order valence-corrected chi connectivity index (χ3v) is 3.13. The smallest absolute Gasteiger partial charge is 0.0566 e. The van der Waals surface area contributed by atoms with Crippen LogP contribution >= 0.6 is 0 Å². The Hall–Kier alpha value is -1.22. The Balaban J connectivity index is 2.00. The average Bonchev–Trinajstić information content (AvgIpc) is 2.24. The second-order valence-corrected chi connectivity index (χ2v) is 4.62. The quantitative estimate of drug-likeness (QED) is 0.753. The van der Waals surface area contributed by atoms with Gasteiger partial charge in [0, 0.05) is 24.0 Å². The molecule has 88 valence electrons. The Morgan fingerprint density at radius 2 is 2.25 bits per heavy atom. The van der Waals surface area contributed by atoms with Crippen LogP contribution < -0.4 is 11.1 Å². The molecular formula is C13H20N2O. The molecule has 1 saturated heterocycles. The highest BCUT2D eigenvalue weighted by Crippen LogP contribution is 2.21. The predicted octanol–water partition coefficient (Wildman–Crippen LogP) is 2.56. The van der Waals surface area contributed by atoms with Crippen molar-refractivity contribution in [2.75, 3.05) is 17.7 Å². The first-order valence-electron chi connectivity index (χ1n) is 5.89. The van der Waals surface area contributed by atoms with E-state index in [0.717, 1.165) is 36.4 Å². The zero-order chi connectivity index (χ0) is 11.5. The van der Waals surface area contributed by atoms with Gasteiger partial charge in [-0.05, 0) is 50.5 Å². The maximum atomic E-state index is 5.80. The first-order valence-corrected chi connectivity index (χ1v) is 5.89. The molecule has 0 bridgehead atoms. The first-order chi connectivity index (χ1) is 7.65. The van der Waals surface area contributed by atoms with Gasteiger partial charge in [0.15, 0.2) is 0 Å². The second kappa shape index (κ2) is 4.74. The van der Waals surface area contributed by atoms with Crippen LogP contribution in [0.3, 0.4) is 0 Å². The molecule has 3 N–H and O–H groups in total. The number of anilines is 2. The number of nitrogens with one attached hydrogen (secondary N) is 1. The van der Waals surface area contributed by atoms with Gasteiger partial charge >= 0.3 is 0 Å². The number of ether oxygens (including phenoxy) is 1. The Bertz CT molecular complexity index is 365. The summed E-state index contributed by atoms with van der Waals surface area (Å²) in [5.74, 6) is 0. The van der Waals surface area contributed by atoms with Gasteiger partial charge in [-0.3, -0.25) is 0 Å². The van der Waals surface area contributed by atoms with Gasteiger partial charge < -0.3 is 15.8 Å². The van der Waals surface area contributed by atoms with E-state index in [9.17, 15) is 0 Å². The van der Waals surface area contributed by atoms with Gasteiger partial charge in [-0.1, -0.05) is 0 Å². The highest BCUT2D eigenvalue weighted by atomic mass is 16.5. The monoisotopic (exact) mass is 220 g/mol. The zero-order valence-corrected chi connectivity index (χ0v) is 9.99. The number of hydrogen-bond acceptors (Lipinski definition) is 3. The fourth-order valence-electron chi connectivity index (χ4n) is 2.13. The maximum Gasteiger partial charge on any atom is 0.0566 e. The van der Waals surface area contributed by atoms with Crippen molar-refractivity contribution in [2.45, 2.75) is 38.8 Å². The number of benzene rings is 1. The van der Waals surface area contributed by atoms with Crippen LogP contribution in [0.1, 0.15) is 25.3 Å². The summed E-state index contributed by atoms with van der Waals surface area (Å²) in [5, 5.41) is 3.54. The molecular weight excluding hydrogens is 200 g/mol. The van der Waals surface area contributed by atoms with Crippen LogP contribution in [0.25, 0.3) is 0 Å². The summed E-state index contributed by atoms with van der Waals surface area (Å²) >= 11 is 0. The van der Waals surface area contributed by atoms with Crippen LogP contribution in [0, 0.1) is 6.92 Å². The lowest BCUT2D eigenvalue weighted by molar-refractivity contribution is 0.0232. The third-order valence-electron chi connectivity index (χ3n) is 3.13. The molecule has 1 aliphatic rings. The van der Waals surface area contributed by atoms with Crippen molar-refractivity contribution in [3.63, 3.8) is 0 Å². The average molecular weight is 220 g/mol. The second-order valence-electron chi connectivity index (χ2n) is 4.62. The van der Waals surface area contributed by atoms with Crippen molar-refractivity contribution in [3.8, 4) is 0 Å². The number of rotatable bonds is 2. The third kappa shape index (κ3) is 2.67. The lowest BCUT2D eigenvalue weighted by Gasteiger charge is -2.28. The molecule has 1 aliphatic heterocycles. The molecule has 2 unspecified atom stereocenters. The highest BCUT2D eigenvalue weighted by Gasteiger charge is 2.18. The summed E-state index contributed by atoms with van der Waals surface area (Å²) in [4.78, 5) is 0. The minimum atomic E-state index is 0.362. The Kier molecular flexibility index (Phi) is 3.34. The van der Waals surface area contributed by atoms with E-state index in [0.29, 0.717) is 12.1 Å². The van der Waals surface area contributed by atoms with E-state index in [1.165, 1.54) is 0 Å². The minimum absolute atomic E-state index is 0.362. The molecule has 2 atom stereocenters. The Labute approximate surface area is 97.0 Å². The Morgan fingerprint density at radius 1 is 1.44 bits per heavy atom. The van der Waals surface area contributed by atoms with E-state index >= 15 is 0 Å². The normalized spacial score (nSPS) is 25.4. The molecule has 0 radical (unpaired) electrons. The van der Waals surface area contributed by atoms with Gasteiger partial charge in [0.05, 0.1) is 6.10 Å². The van der Waals surface area contributed by atoms with Gasteiger partial charge in [0.25, 0.3) is 0 Å². The largest absolute Gasteiger partial charge is 0.399 e. The van der Waals surface area contributed by atoms with Crippen molar-refractivity contribution < 1.29 is 4.74 Å². The summed E-state index contributed by atoms with van der Waals surface area (Å²) in [6.07, 6.45) is 2.51. The zero-order valence-electron chi connectivity index (χ0n) is 9.99.